The summed E-state index contributed by atoms with van der Waals surface area (Å²) in [5.74, 6) is 10.2. The SMILES string of the molecule is Cc1c(N)c(SC(N=N)=NN)cc(SC(N=N)=NN)c1N. The van der Waals surface area contributed by atoms with Crippen LogP contribution in [0.1, 0.15) is 5.56 Å². The summed E-state index contributed by atoms with van der Waals surface area (Å²) < 4.78 is 0. The van der Waals surface area contributed by atoms with Crippen molar-refractivity contribution in [2.24, 2.45) is 32.1 Å². The van der Waals surface area contributed by atoms with Crippen LogP contribution in [-0.2, 0) is 0 Å². The second kappa shape index (κ2) is 7.44. The van der Waals surface area contributed by atoms with Crippen LogP contribution in [0.4, 0.5) is 11.4 Å². The molecule has 112 valence electrons. The first-order valence-corrected chi connectivity index (χ1v) is 6.96. The van der Waals surface area contributed by atoms with Crippen molar-refractivity contribution in [1.29, 1.82) is 11.1 Å². The van der Waals surface area contributed by atoms with Crippen LogP contribution in [-0.4, -0.2) is 10.3 Å². The van der Waals surface area contributed by atoms with E-state index in [0.717, 1.165) is 23.5 Å². The molecular formula is C9H14N10S2. The fourth-order valence-electron chi connectivity index (χ4n) is 1.31. The highest BCUT2D eigenvalue weighted by atomic mass is 32.2. The molecule has 0 heterocycles. The molecule has 10 nitrogen and oxygen atoms in total. The quantitative estimate of drug-likeness (QED) is 0.0909. The molecule has 0 unspecified atom stereocenters. The lowest BCUT2D eigenvalue weighted by Crippen LogP contribution is -2.03. The van der Waals surface area contributed by atoms with Gasteiger partial charge >= 0.3 is 0 Å². The van der Waals surface area contributed by atoms with E-state index in [9.17, 15) is 0 Å². The third-order valence-corrected chi connectivity index (χ3v) is 4.29. The Morgan fingerprint density at radius 2 is 1.33 bits per heavy atom. The van der Waals surface area contributed by atoms with Gasteiger partial charge in [-0.25, -0.2) is 11.1 Å². The summed E-state index contributed by atoms with van der Waals surface area (Å²) in [4.78, 5) is 1.15. The molecule has 10 N–H and O–H groups in total. The van der Waals surface area contributed by atoms with E-state index in [0.29, 0.717) is 26.7 Å². The third-order valence-electron chi connectivity index (χ3n) is 2.42. The number of nitrogens with zero attached hydrogens (tertiary/aromatic N) is 4. The number of hydrogen-bond acceptors (Lipinski definition) is 10. The molecule has 1 aromatic rings. The van der Waals surface area contributed by atoms with E-state index in [-0.39, 0.29) is 10.3 Å². The molecule has 0 aliphatic heterocycles. The Morgan fingerprint density at radius 1 is 0.952 bits per heavy atom. The van der Waals surface area contributed by atoms with E-state index in [1.54, 1.807) is 13.0 Å². The fraction of sp³-hybridized carbons (Fsp3) is 0.111. The number of nitrogen functional groups attached to an aromatic ring is 2. The molecule has 0 aliphatic carbocycles. The molecule has 0 saturated carbocycles. The predicted octanol–water partition coefficient (Wildman–Crippen LogP) is 1.86. The normalized spacial score (nSPS) is 12.2. The van der Waals surface area contributed by atoms with Crippen LogP contribution in [0, 0.1) is 18.0 Å². The molecule has 21 heavy (non-hydrogen) atoms. The maximum atomic E-state index is 6.95. The molecule has 0 bridgehead atoms. The summed E-state index contributed by atoms with van der Waals surface area (Å²) in [6.07, 6.45) is 0. The zero-order chi connectivity index (χ0) is 16.0. The van der Waals surface area contributed by atoms with Gasteiger partial charge in [0.15, 0.2) is 0 Å². The minimum Gasteiger partial charge on any atom is -0.398 e. The molecule has 0 aromatic heterocycles. The highest BCUT2D eigenvalue weighted by Crippen LogP contribution is 2.39. The zero-order valence-electron chi connectivity index (χ0n) is 11.0. The first-order valence-electron chi connectivity index (χ1n) is 5.33. The molecule has 0 amide bonds. The summed E-state index contributed by atoms with van der Waals surface area (Å²) in [7, 11) is 0. The van der Waals surface area contributed by atoms with Crippen molar-refractivity contribution in [2.45, 2.75) is 16.7 Å². The van der Waals surface area contributed by atoms with Crippen LogP contribution in [0.25, 0.3) is 0 Å². The smallest absolute Gasteiger partial charge is 0.230 e. The number of nitrogens with two attached hydrogens (primary N) is 4. The van der Waals surface area contributed by atoms with E-state index in [4.69, 9.17) is 34.2 Å². The molecule has 0 atom stereocenters. The van der Waals surface area contributed by atoms with Gasteiger partial charge in [0.2, 0.25) is 10.3 Å². The number of hydrazone groups is 2. The Bertz CT molecular complexity index is 573. The van der Waals surface area contributed by atoms with Crippen LogP contribution < -0.4 is 23.2 Å². The van der Waals surface area contributed by atoms with Crippen molar-refractivity contribution < 1.29 is 0 Å². The van der Waals surface area contributed by atoms with Crippen molar-refractivity contribution in [3.8, 4) is 0 Å². The topological polar surface area (TPSA) is 201 Å². The maximum absolute atomic E-state index is 6.95. The molecule has 0 fully saturated rings. The standard InChI is InChI=1S/C9H14N10S2/c1-3-6(10)4(20-8(16-12)17-13)2-5(7(3)11)21-9(18-14)19-15/h2,12,14H,10-11,13,15H2,1H3. The first-order chi connectivity index (χ1) is 9.98. The van der Waals surface area contributed by atoms with Crippen LogP contribution in [0.5, 0.6) is 0 Å². The lowest BCUT2D eigenvalue weighted by atomic mass is 10.1. The zero-order valence-corrected chi connectivity index (χ0v) is 12.6. The highest BCUT2D eigenvalue weighted by molar-refractivity contribution is 8.14. The summed E-state index contributed by atoms with van der Waals surface area (Å²) in [6.45, 7) is 1.74. The number of thioether (sulfide) groups is 2. The van der Waals surface area contributed by atoms with Gasteiger partial charge in [-0.2, -0.15) is 10.2 Å². The van der Waals surface area contributed by atoms with Gasteiger partial charge in [0, 0.05) is 9.79 Å². The lowest BCUT2D eigenvalue weighted by molar-refractivity contribution is 1.16. The molecule has 0 aliphatic rings. The van der Waals surface area contributed by atoms with Crippen LogP contribution in [0.15, 0.2) is 36.3 Å². The van der Waals surface area contributed by atoms with Crippen LogP contribution in [0.3, 0.4) is 0 Å². The number of rotatable bonds is 2. The monoisotopic (exact) mass is 326 g/mol. The predicted molar refractivity (Wildman–Crippen MR) is 85.3 cm³/mol. The fourth-order valence-corrected chi connectivity index (χ4v) is 2.86. The number of nitrogens with one attached hydrogen (secondary N) is 2. The first kappa shape index (κ1) is 16.7. The van der Waals surface area contributed by atoms with Gasteiger partial charge in [0.05, 0.1) is 11.4 Å². The summed E-state index contributed by atoms with van der Waals surface area (Å²) in [6, 6.07) is 1.65. The van der Waals surface area contributed by atoms with E-state index in [2.05, 4.69) is 20.4 Å². The van der Waals surface area contributed by atoms with Gasteiger partial charge in [-0.05, 0) is 42.1 Å². The molecule has 1 rings (SSSR count). The van der Waals surface area contributed by atoms with Gasteiger partial charge in [0.25, 0.3) is 0 Å². The van der Waals surface area contributed by atoms with Crippen molar-refractivity contribution in [3.05, 3.63) is 11.6 Å². The molecule has 12 heteroatoms. The van der Waals surface area contributed by atoms with Gasteiger partial charge < -0.3 is 23.2 Å². The Hall–Kier alpha value is -2.34. The van der Waals surface area contributed by atoms with E-state index in [1.165, 1.54) is 0 Å². The Balaban J connectivity index is 3.31. The minimum absolute atomic E-state index is 0.0414. The van der Waals surface area contributed by atoms with E-state index in [1.807, 2.05) is 0 Å². The Kier molecular flexibility index (Phi) is 5.92. The van der Waals surface area contributed by atoms with Crippen molar-refractivity contribution in [2.75, 3.05) is 11.5 Å². The number of anilines is 2. The van der Waals surface area contributed by atoms with Crippen LogP contribution in [0.2, 0.25) is 0 Å². The summed E-state index contributed by atoms with van der Waals surface area (Å²) in [5, 5.41) is 13.1. The number of amidine groups is 2. The maximum Gasteiger partial charge on any atom is 0.230 e. The molecule has 0 radical (unpaired) electrons. The Labute approximate surface area is 128 Å². The average Bonchev–Trinajstić information content (AvgIpc) is 2.51. The van der Waals surface area contributed by atoms with E-state index >= 15 is 0 Å². The van der Waals surface area contributed by atoms with Gasteiger partial charge in [0.1, 0.15) is 0 Å². The number of hydrogen-bond donors (Lipinski definition) is 6. The third kappa shape index (κ3) is 3.82. The lowest BCUT2D eigenvalue weighted by Gasteiger charge is -2.13. The molecular weight excluding hydrogens is 312 g/mol. The summed E-state index contributed by atoms with van der Waals surface area (Å²) in [5.41, 5.74) is 27.4. The molecule has 0 spiro atoms. The Morgan fingerprint density at radius 3 is 1.62 bits per heavy atom. The van der Waals surface area contributed by atoms with Crippen molar-refractivity contribution in [3.63, 3.8) is 0 Å². The summed E-state index contributed by atoms with van der Waals surface area (Å²) >= 11 is 2.05. The second-order valence-corrected chi connectivity index (χ2v) is 5.59. The molecule has 1 aromatic carbocycles. The molecule has 0 saturated heterocycles. The minimum atomic E-state index is 0.0414. The van der Waals surface area contributed by atoms with Gasteiger partial charge in [-0.1, -0.05) is 0 Å². The van der Waals surface area contributed by atoms with Crippen molar-refractivity contribution in [1.82, 2.24) is 0 Å². The van der Waals surface area contributed by atoms with E-state index < -0.39 is 0 Å². The largest absolute Gasteiger partial charge is 0.398 e. The average molecular weight is 326 g/mol. The number of benzene rings is 1. The van der Waals surface area contributed by atoms with Crippen molar-refractivity contribution >= 4 is 45.2 Å². The van der Waals surface area contributed by atoms with Gasteiger partial charge in [-0.3, -0.25) is 0 Å². The second-order valence-electron chi connectivity index (χ2n) is 3.58. The highest BCUT2D eigenvalue weighted by Gasteiger charge is 2.15. The van der Waals surface area contributed by atoms with Gasteiger partial charge in [-0.15, -0.1) is 10.2 Å². The van der Waals surface area contributed by atoms with Crippen LogP contribution >= 0.6 is 23.5 Å².